The molecule has 2 aromatic heterocycles. The second kappa shape index (κ2) is 7.48. The van der Waals surface area contributed by atoms with Gasteiger partial charge in [-0.15, -0.1) is 5.10 Å². The van der Waals surface area contributed by atoms with Crippen molar-refractivity contribution in [2.45, 2.75) is 12.8 Å². The zero-order chi connectivity index (χ0) is 20.6. The van der Waals surface area contributed by atoms with Crippen LogP contribution in [0.25, 0.3) is 22.6 Å². The number of amides is 1. The van der Waals surface area contributed by atoms with Gasteiger partial charge in [0.1, 0.15) is 0 Å². The number of sulfonamides is 1. The number of furan rings is 1. The molecule has 1 aliphatic heterocycles. The monoisotopic (exact) mass is 420 g/mol. The summed E-state index contributed by atoms with van der Waals surface area (Å²) in [6.07, 6.45) is 2.04. The lowest BCUT2D eigenvalue weighted by atomic mass is 9.97. The van der Waals surface area contributed by atoms with Crippen LogP contribution in [0.2, 0.25) is 0 Å². The largest absolute Gasteiger partial charge is 0.493 e. The fourth-order valence-corrected chi connectivity index (χ4v) is 4.21. The zero-order valence-corrected chi connectivity index (χ0v) is 16.7. The van der Waals surface area contributed by atoms with Crippen molar-refractivity contribution >= 4 is 32.9 Å². The van der Waals surface area contributed by atoms with Gasteiger partial charge in [0, 0.05) is 24.4 Å². The van der Waals surface area contributed by atoms with E-state index in [4.69, 9.17) is 13.6 Å². The topological polar surface area (TPSA) is 128 Å². The van der Waals surface area contributed by atoms with Crippen LogP contribution in [0.15, 0.2) is 33.1 Å². The maximum Gasteiger partial charge on any atom is 0.322 e. The van der Waals surface area contributed by atoms with Crippen molar-refractivity contribution in [1.82, 2.24) is 14.5 Å². The number of nitrogens with zero attached hydrogens (tertiary/aromatic N) is 3. The van der Waals surface area contributed by atoms with Crippen molar-refractivity contribution in [3.05, 3.63) is 24.3 Å². The van der Waals surface area contributed by atoms with E-state index < -0.39 is 10.0 Å². The van der Waals surface area contributed by atoms with Crippen molar-refractivity contribution in [3.63, 3.8) is 0 Å². The Balaban J connectivity index is 1.44. The highest BCUT2D eigenvalue weighted by molar-refractivity contribution is 7.88. The summed E-state index contributed by atoms with van der Waals surface area (Å²) >= 11 is 0. The van der Waals surface area contributed by atoms with Crippen molar-refractivity contribution in [1.29, 1.82) is 0 Å². The first kappa shape index (κ1) is 19.4. The molecular formula is C18H20N4O6S. The molecule has 0 saturated carbocycles. The lowest BCUT2D eigenvalue weighted by Crippen LogP contribution is -2.40. The van der Waals surface area contributed by atoms with Crippen LogP contribution in [0.4, 0.5) is 6.01 Å². The number of piperidine rings is 1. The Hall–Kier alpha value is -2.92. The van der Waals surface area contributed by atoms with E-state index >= 15 is 0 Å². The van der Waals surface area contributed by atoms with E-state index in [1.165, 1.54) is 10.6 Å². The number of rotatable bonds is 5. The van der Waals surface area contributed by atoms with Crippen LogP contribution in [0.5, 0.6) is 5.75 Å². The number of aromatic nitrogens is 2. The highest BCUT2D eigenvalue weighted by Gasteiger charge is 2.29. The van der Waals surface area contributed by atoms with Crippen LogP contribution in [-0.2, 0) is 14.8 Å². The second-order valence-corrected chi connectivity index (χ2v) is 8.81. The predicted octanol–water partition coefficient (Wildman–Crippen LogP) is 2.10. The lowest BCUT2D eigenvalue weighted by Gasteiger charge is -2.28. The molecule has 3 heterocycles. The quantitative estimate of drug-likeness (QED) is 0.665. The van der Waals surface area contributed by atoms with Crippen LogP contribution in [-0.4, -0.2) is 55.3 Å². The summed E-state index contributed by atoms with van der Waals surface area (Å²) in [5.74, 6) is 0.477. The molecule has 0 aliphatic carbocycles. The average molecular weight is 420 g/mol. The molecule has 154 valence electrons. The standard InChI is InChI=1S/C18H20N4O6S/c1-26-13-5-3-4-12-10-14(27-15(12)13)17-20-21-18(28-17)19-16(23)11-6-8-22(9-7-11)29(2,24)25/h3-5,10-11H,6-9H2,1-2H3,(H,19,21,23). The Morgan fingerprint density at radius 3 is 2.69 bits per heavy atom. The fraction of sp³-hybridized carbons (Fsp3) is 0.389. The number of hydrogen-bond acceptors (Lipinski definition) is 8. The number of fused-ring (bicyclic) bond motifs is 1. The summed E-state index contributed by atoms with van der Waals surface area (Å²) in [5.41, 5.74) is 0.562. The maximum atomic E-state index is 12.4. The molecule has 3 aromatic rings. The van der Waals surface area contributed by atoms with Gasteiger partial charge in [0.15, 0.2) is 17.1 Å². The van der Waals surface area contributed by atoms with Gasteiger partial charge in [-0.25, -0.2) is 12.7 Å². The predicted molar refractivity (Wildman–Crippen MR) is 104 cm³/mol. The van der Waals surface area contributed by atoms with Gasteiger partial charge in [-0.2, -0.15) is 0 Å². The van der Waals surface area contributed by atoms with Crippen LogP contribution < -0.4 is 10.1 Å². The number of benzene rings is 1. The minimum Gasteiger partial charge on any atom is -0.493 e. The SMILES string of the molecule is COc1cccc2cc(-c3nnc(NC(=O)C4CCN(S(C)(=O)=O)CC4)o3)oc12. The Kier molecular flexibility index (Phi) is 5.01. The molecule has 0 unspecified atom stereocenters. The normalized spacial score (nSPS) is 16.2. The van der Waals surface area contributed by atoms with E-state index in [0.29, 0.717) is 43.0 Å². The molecule has 29 heavy (non-hydrogen) atoms. The van der Waals surface area contributed by atoms with Gasteiger partial charge in [0.2, 0.25) is 15.9 Å². The van der Waals surface area contributed by atoms with E-state index in [2.05, 4.69) is 15.5 Å². The van der Waals surface area contributed by atoms with Crippen LogP contribution >= 0.6 is 0 Å². The number of carbonyl (C=O) groups is 1. The third kappa shape index (κ3) is 3.96. The van der Waals surface area contributed by atoms with E-state index in [9.17, 15) is 13.2 Å². The smallest absolute Gasteiger partial charge is 0.322 e. The van der Waals surface area contributed by atoms with Crippen molar-refractivity contribution in [3.8, 4) is 17.4 Å². The number of hydrogen-bond donors (Lipinski definition) is 1. The van der Waals surface area contributed by atoms with Gasteiger partial charge in [-0.3, -0.25) is 10.1 Å². The molecule has 4 rings (SSSR count). The molecule has 1 aliphatic rings. The third-order valence-electron chi connectivity index (χ3n) is 4.89. The molecule has 1 aromatic carbocycles. The van der Waals surface area contributed by atoms with Gasteiger partial charge in [-0.1, -0.05) is 17.2 Å². The number of nitrogens with one attached hydrogen (secondary N) is 1. The molecule has 11 heteroatoms. The molecular weight excluding hydrogens is 400 g/mol. The Morgan fingerprint density at radius 2 is 2.00 bits per heavy atom. The molecule has 1 amide bonds. The summed E-state index contributed by atoms with van der Waals surface area (Å²) < 4.78 is 41.1. The van der Waals surface area contributed by atoms with Crippen LogP contribution in [0, 0.1) is 5.92 Å². The number of para-hydroxylation sites is 1. The van der Waals surface area contributed by atoms with E-state index in [1.807, 2.05) is 12.1 Å². The second-order valence-electron chi connectivity index (χ2n) is 6.83. The minimum atomic E-state index is -3.24. The summed E-state index contributed by atoms with van der Waals surface area (Å²) in [5, 5.41) is 11.2. The van der Waals surface area contributed by atoms with E-state index in [0.717, 1.165) is 5.39 Å². The molecule has 1 saturated heterocycles. The Morgan fingerprint density at radius 1 is 1.24 bits per heavy atom. The third-order valence-corrected chi connectivity index (χ3v) is 6.19. The van der Waals surface area contributed by atoms with Gasteiger partial charge in [-0.05, 0) is 25.0 Å². The minimum absolute atomic E-state index is 0.0389. The fourth-order valence-electron chi connectivity index (χ4n) is 3.33. The first-order valence-corrected chi connectivity index (χ1v) is 10.9. The first-order valence-electron chi connectivity index (χ1n) is 9.01. The molecule has 0 radical (unpaired) electrons. The highest BCUT2D eigenvalue weighted by Crippen LogP contribution is 2.33. The van der Waals surface area contributed by atoms with Crippen molar-refractivity contribution < 1.29 is 26.8 Å². The Labute approximate surface area is 166 Å². The van der Waals surface area contributed by atoms with Gasteiger partial charge >= 0.3 is 6.01 Å². The van der Waals surface area contributed by atoms with Gasteiger partial charge < -0.3 is 13.6 Å². The van der Waals surface area contributed by atoms with Crippen LogP contribution in [0.3, 0.4) is 0 Å². The molecule has 1 fully saturated rings. The molecule has 1 N–H and O–H groups in total. The summed E-state index contributed by atoms with van der Waals surface area (Å²) in [6, 6.07) is 7.20. The summed E-state index contributed by atoms with van der Waals surface area (Å²) in [7, 11) is -1.68. The van der Waals surface area contributed by atoms with Crippen molar-refractivity contribution in [2.75, 3.05) is 31.8 Å². The van der Waals surface area contributed by atoms with E-state index in [1.54, 1.807) is 19.2 Å². The highest BCUT2D eigenvalue weighted by atomic mass is 32.2. The molecule has 0 bridgehead atoms. The average Bonchev–Trinajstić information content (AvgIpc) is 3.33. The van der Waals surface area contributed by atoms with Gasteiger partial charge in [0.05, 0.1) is 13.4 Å². The molecule has 10 nitrogen and oxygen atoms in total. The summed E-state index contributed by atoms with van der Waals surface area (Å²) in [4.78, 5) is 12.4. The number of ether oxygens (including phenoxy) is 1. The number of anilines is 1. The first-order chi connectivity index (χ1) is 13.8. The molecule has 0 atom stereocenters. The summed E-state index contributed by atoms with van der Waals surface area (Å²) in [6.45, 7) is 0.625. The number of methoxy groups -OCH3 is 1. The lowest BCUT2D eigenvalue weighted by molar-refractivity contribution is -0.121. The van der Waals surface area contributed by atoms with E-state index in [-0.39, 0.29) is 23.7 Å². The maximum absolute atomic E-state index is 12.4. The Bertz CT molecular complexity index is 1140. The van der Waals surface area contributed by atoms with Gasteiger partial charge in [0.25, 0.3) is 5.89 Å². The number of carbonyl (C=O) groups excluding carboxylic acids is 1. The van der Waals surface area contributed by atoms with Crippen molar-refractivity contribution in [2.24, 2.45) is 5.92 Å². The van der Waals surface area contributed by atoms with Crippen LogP contribution in [0.1, 0.15) is 12.8 Å². The zero-order valence-electron chi connectivity index (χ0n) is 15.9. The molecule has 0 spiro atoms.